The molecular formula is C37H69NO5SSi2. The Balaban J connectivity index is 2.30. The molecule has 1 aliphatic rings. The van der Waals surface area contributed by atoms with Crippen LogP contribution in [0, 0.1) is 6.92 Å². The molecule has 0 amide bonds. The van der Waals surface area contributed by atoms with Crippen molar-refractivity contribution in [1.82, 2.24) is 4.31 Å². The molecule has 266 valence electrons. The molecule has 46 heavy (non-hydrogen) atoms. The highest BCUT2D eigenvalue weighted by Gasteiger charge is 2.48. The molecule has 0 unspecified atom stereocenters. The second-order valence-corrected chi connectivity index (χ2v) is 28.4. The van der Waals surface area contributed by atoms with Crippen molar-refractivity contribution in [2.75, 3.05) is 20.0 Å². The molecule has 1 fully saturated rings. The second kappa shape index (κ2) is 19.4. The average Bonchev–Trinajstić information content (AvgIpc) is 2.95. The highest BCUT2D eigenvalue weighted by molar-refractivity contribution is 7.89. The van der Waals surface area contributed by atoms with Gasteiger partial charge < -0.3 is 13.9 Å². The van der Waals surface area contributed by atoms with Crippen LogP contribution >= 0.6 is 0 Å². The number of rotatable bonds is 21. The lowest BCUT2D eigenvalue weighted by atomic mass is 9.94. The van der Waals surface area contributed by atoms with Crippen LogP contribution in [0.4, 0.5) is 0 Å². The van der Waals surface area contributed by atoms with E-state index in [1.54, 1.807) is 16.4 Å². The fourth-order valence-corrected chi connectivity index (χ4v) is 9.67. The molecule has 2 rings (SSSR count). The van der Waals surface area contributed by atoms with E-state index in [0.29, 0.717) is 17.9 Å². The van der Waals surface area contributed by atoms with Crippen LogP contribution in [0.3, 0.4) is 0 Å². The minimum atomic E-state index is -3.81. The lowest BCUT2D eigenvalue weighted by Gasteiger charge is -2.48. The van der Waals surface area contributed by atoms with E-state index < -0.39 is 32.5 Å². The SMILES string of the molecule is CCCCCCCCC/C=C/C[C@@H]1CC[C@@H](O[Si](C)(C)C(C)(C)C)[C@H](COCOCC[Si](C)(C)C)N1S(=O)(=O)c1ccc(C)cc1. The van der Waals surface area contributed by atoms with Crippen LogP contribution < -0.4 is 0 Å². The normalized spacial score (nSPS) is 20.5. The van der Waals surface area contributed by atoms with E-state index in [9.17, 15) is 8.42 Å². The Labute approximate surface area is 286 Å². The zero-order valence-corrected chi connectivity index (χ0v) is 34.0. The summed E-state index contributed by atoms with van der Waals surface area (Å²) in [5.74, 6) is 0. The fraction of sp³-hybridized carbons (Fsp3) is 0.784. The van der Waals surface area contributed by atoms with Crippen LogP contribution in [-0.4, -0.2) is 67.3 Å². The predicted molar refractivity (Wildman–Crippen MR) is 200 cm³/mol. The molecule has 6 nitrogen and oxygen atoms in total. The summed E-state index contributed by atoms with van der Waals surface area (Å²) >= 11 is 0. The van der Waals surface area contributed by atoms with Crippen LogP contribution in [0.5, 0.6) is 0 Å². The Hall–Kier alpha value is -0.816. The van der Waals surface area contributed by atoms with Crippen molar-refractivity contribution >= 4 is 26.4 Å². The van der Waals surface area contributed by atoms with Gasteiger partial charge in [-0.1, -0.05) is 116 Å². The summed E-state index contributed by atoms with van der Waals surface area (Å²) in [6.07, 6.45) is 16.6. The van der Waals surface area contributed by atoms with E-state index >= 15 is 0 Å². The lowest BCUT2D eigenvalue weighted by Crippen LogP contribution is -2.60. The predicted octanol–water partition coefficient (Wildman–Crippen LogP) is 10.3. The maximum absolute atomic E-state index is 14.5. The van der Waals surface area contributed by atoms with Crippen LogP contribution in [-0.2, 0) is 23.9 Å². The molecule has 1 aliphatic heterocycles. The van der Waals surface area contributed by atoms with Crippen molar-refractivity contribution in [2.45, 2.75) is 172 Å². The molecule has 3 atom stereocenters. The van der Waals surface area contributed by atoms with Gasteiger partial charge in [0.2, 0.25) is 10.0 Å². The minimum Gasteiger partial charge on any atom is -0.412 e. The number of hydrogen-bond donors (Lipinski definition) is 0. The topological polar surface area (TPSA) is 65.1 Å². The van der Waals surface area contributed by atoms with Crippen molar-refractivity contribution < 1.29 is 22.3 Å². The largest absolute Gasteiger partial charge is 0.412 e. The smallest absolute Gasteiger partial charge is 0.243 e. The van der Waals surface area contributed by atoms with Gasteiger partial charge in [-0.3, -0.25) is 0 Å². The first-order chi connectivity index (χ1) is 21.5. The third-order valence-corrected chi connectivity index (χ3v) is 18.0. The van der Waals surface area contributed by atoms with Gasteiger partial charge in [0.15, 0.2) is 8.32 Å². The molecular weight excluding hydrogens is 627 g/mol. The standard InChI is InChI=1S/C37H69NO5SSi2/c1-11-12-13-14-15-16-17-18-19-20-21-33-24-27-36(43-46(9,10)37(3,4)5)35(30-42-31-41-28-29-45(6,7)8)38(33)44(39,40)34-25-22-32(2)23-26-34/h19-20,22-23,25-26,33,35-36H,11-18,21,24,27-31H2,1-10H3/b20-19+/t33-,35+,36-/m1/s1. The zero-order chi connectivity index (χ0) is 34.4. The first-order valence-electron chi connectivity index (χ1n) is 18.1. The summed E-state index contributed by atoms with van der Waals surface area (Å²) in [6, 6.07) is 7.73. The van der Waals surface area contributed by atoms with Gasteiger partial charge in [-0.25, -0.2) is 8.42 Å². The van der Waals surface area contributed by atoms with Crippen molar-refractivity contribution in [2.24, 2.45) is 0 Å². The Bertz CT molecular complexity index is 1130. The first-order valence-corrected chi connectivity index (χ1v) is 26.1. The Morgan fingerprint density at radius 2 is 1.52 bits per heavy atom. The summed E-state index contributed by atoms with van der Waals surface area (Å²) in [6.45, 7) is 23.5. The van der Waals surface area contributed by atoms with Crippen LogP contribution in [0.1, 0.15) is 104 Å². The van der Waals surface area contributed by atoms with Crippen molar-refractivity contribution in [3.05, 3.63) is 42.0 Å². The molecule has 0 bridgehead atoms. The summed E-state index contributed by atoms with van der Waals surface area (Å²) < 4.78 is 49.9. The lowest BCUT2D eigenvalue weighted by molar-refractivity contribution is -0.0847. The molecule has 0 spiro atoms. The van der Waals surface area contributed by atoms with Gasteiger partial charge in [-0.15, -0.1) is 0 Å². The van der Waals surface area contributed by atoms with Crippen LogP contribution in [0.25, 0.3) is 0 Å². The molecule has 1 aromatic carbocycles. The molecule has 0 N–H and O–H groups in total. The van der Waals surface area contributed by atoms with E-state index in [-0.39, 0.29) is 30.6 Å². The van der Waals surface area contributed by atoms with E-state index in [1.807, 2.05) is 19.1 Å². The zero-order valence-electron chi connectivity index (χ0n) is 31.2. The van der Waals surface area contributed by atoms with Crippen molar-refractivity contribution in [3.8, 4) is 0 Å². The highest BCUT2D eigenvalue weighted by Crippen LogP contribution is 2.41. The molecule has 1 aromatic rings. The quantitative estimate of drug-likeness (QED) is 0.0554. The summed E-state index contributed by atoms with van der Waals surface area (Å²) in [5.41, 5.74) is 1.04. The highest BCUT2D eigenvalue weighted by atomic mass is 32.2. The Kier molecular flexibility index (Phi) is 17.4. The number of unbranched alkanes of at least 4 members (excludes halogenated alkanes) is 7. The van der Waals surface area contributed by atoms with Gasteiger partial charge in [0.25, 0.3) is 0 Å². The Morgan fingerprint density at radius 1 is 0.891 bits per heavy atom. The molecule has 0 radical (unpaired) electrons. The van der Waals surface area contributed by atoms with Gasteiger partial charge in [0.1, 0.15) is 6.79 Å². The first kappa shape index (κ1) is 41.4. The second-order valence-electron chi connectivity index (χ2n) is 16.2. The number of hydrogen-bond acceptors (Lipinski definition) is 5. The van der Waals surface area contributed by atoms with Gasteiger partial charge in [-0.05, 0) is 75.3 Å². The van der Waals surface area contributed by atoms with E-state index in [2.05, 4.69) is 72.6 Å². The summed E-state index contributed by atoms with van der Waals surface area (Å²) in [7, 11) is -7.21. The third-order valence-electron chi connectivity index (χ3n) is 9.75. The van der Waals surface area contributed by atoms with Crippen molar-refractivity contribution in [1.29, 1.82) is 0 Å². The number of benzene rings is 1. The molecule has 0 saturated carbocycles. The van der Waals surface area contributed by atoms with E-state index in [0.717, 1.165) is 30.9 Å². The summed E-state index contributed by atoms with van der Waals surface area (Å²) in [5, 5.41) is 0.00854. The van der Waals surface area contributed by atoms with Gasteiger partial charge in [0.05, 0.1) is 23.6 Å². The van der Waals surface area contributed by atoms with Crippen LogP contribution in [0.2, 0.25) is 43.8 Å². The summed E-state index contributed by atoms with van der Waals surface area (Å²) in [4.78, 5) is 0.333. The van der Waals surface area contributed by atoms with Crippen molar-refractivity contribution in [3.63, 3.8) is 0 Å². The Morgan fingerprint density at radius 3 is 2.13 bits per heavy atom. The maximum atomic E-state index is 14.5. The molecule has 0 aromatic heterocycles. The molecule has 1 heterocycles. The molecule has 9 heteroatoms. The molecule has 1 saturated heterocycles. The van der Waals surface area contributed by atoms with E-state index in [4.69, 9.17) is 13.9 Å². The van der Waals surface area contributed by atoms with Gasteiger partial charge >= 0.3 is 0 Å². The minimum absolute atomic E-state index is 0.00854. The number of aryl methyl sites for hydroxylation is 1. The number of allylic oxidation sites excluding steroid dienone is 1. The number of ether oxygens (including phenoxy) is 2. The average molecular weight is 696 g/mol. The van der Waals surface area contributed by atoms with E-state index in [1.165, 1.54) is 44.9 Å². The van der Waals surface area contributed by atoms with Gasteiger partial charge in [0, 0.05) is 20.7 Å². The number of nitrogens with zero attached hydrogens (tertiary/aromatic N) is 1. The monoisotopic (exact) mass is 695 g/mol. The van der Waals surface area contributed by atoms with Gasteiger partial charge in [-0.2, -0.15) is 4.31 Å². The maximum Gasteiger partial charge on any atom is 0.243 e. The molecule has 0 aliphatic carbocycles. The van der Waals surface area contributed by atoms with Crippen LogP contribution in [0.15, 0.2) is 41.3 Å². The number of piperidine rings is 1. The number of sulfonamides is 1. The fourth-order valence-electron chi connectivity index (χ4n) is 5.67. The third kappa shape index (κ3) is 14.0.